The molecule has 0 radical (unpaired) electrons. The van der Waals surface area contributed by atoms with E-state index in [4.69, 9.17) is 4.74 Å². The maximum atomic E-state index is 13.2. The van der Waals surface area contributed by atoms with Crippen LogP contribution < -0.4 is 10.1 Å². The summed E-state index contributed by atoms with van der Waals surface area (Å²) in [7, 11) is 0. The van der Waals surface area contributed by atoms with Crippen molar-refractivity contribution in [3.05, 3.63) is 57.4 Å². The second-order valence-corrected chi connectivity index (χ2v) is 7.96. The van der Waals surface area contributed by atoms with Gasteiger partial charge in [-0.15, -0.1) is 0 Å². The standard InChI is InChI=1S/C20H19BrN4O2/c1-11-17(21)19-22-10-14(18(12-6-7-12)25(19)24-11)20(26)23-15-8-9-27-16-5-3-2-4-13(15)16/h2-5,10,12,15H,6-9H2,1H3,(H,23,26)/t15-/m0/s1. The van der Waals surface area contributed by atoms with Gasteiger partial charge >= 0.3 is 0 Å². The molecular formula is C20H19BrN4O2. The Balaban J connectivity index is 1.53. The number of para-hydroxylation sites is 1. The van der Waals surface area contributed by atoms with Crippen molar-refractivity contribution in [2.75, 3.05) is 6.61 Å². The monoisotopic (exact) mass is 426 g/mol. The van der Waals surface area contributed by atoms with Gasteiger partial charge < -0.3 is 10.1 Å². The molecule has 1 aliphatic carbocycles. The van der Waals surface area contributed by atoms with E-state index in [2.05, 4.69) is 31.3 Å². The Kier molecular flexibility index (Phi) is 3.93. The van der Waals surface area contributed by atoms with Crippen LogP contribution in [0.4, 0.5) is 0 Å². The summed E-state index contributed by atoms with van der Waals surface area (Å²) in [6.45, 7) is 2.54. The molecule has 3 aromatic rings. The average Bonchev–Trinajstić information content (AvgIpc) is 3.48. The lowest BCUT2D eigenvalue weighted by Crippen LogP contribution is -2.33. The number of hydrogen-bond acceptors (Lipinski definition) is 4. The molecule has 2 aromatic heterocycles. The number of fused-ring (bicyclic) bond motifs is 2. The third-order valence-electron chi connectivity index (χ3n) is 5.26. The summed E-state index contributed by atoms with van der Waals surface area (Å²) in [5.74, 6) is 1.11. The summed E-state index contributed by atoms with van der Waals surface area (Å²) in [5, 5.41) is 7.80. The molecule has 1 atom stereocenters. The van der Waals surface area contributed by atoms with E-state index in [1.807, 2.05) is 35.7 Å². The lowest BCUT2D eigenvalue weighted by Gasteiger charge is -2.27. The Morgan fingerprint density at radius 3 is 2.93 bits per heavy atom. The molecule has 7 heteroatoms. The summed E-state index contributed by atoms with van der Waals surface area (Å²) < 4.78 is 8.42. The van der Waals surface area contributed by atoms with Crippen molar-refractivity contribution in [1.29, 1.82) is 0 Å². The zero-order valence-corrected chi connectivity index (χ0v) is 16.5. The van der Waals surface area contributed by atoms with E-state index in [-0.39, 0.29) is 11.9 Å². The lowest BCUT2D eigenvalue weighted by molar-refractivity contribution is 0.0922. The van der Waals surface area contributed by atoms with Crippen LogP contribution in [0.15, 0.2) is 34.9 Å². The molecule has 138 valence electrons. The summed E-state index contributed by atoms with van der Waals surface area (Å²) in [6.07, 6.45) is 4.60. The van der Waals surface area contributed by atoms with Gasteiger partial charge in [-0.1, -0.05) is 18.2 Å². The van der Waals surface area contributed by atoms with Crippen molar-refractivity contribution < 1.29 is 9.53 Å². The zero-order valence-electron chi connectivity index (χ0n) is 14.9. The van der Waals surface area contributed by atoms with E-state index in [1.165, 1.54) is 0 Å². The second kappa shape index (κ2) is 6.34. The average molecular weight is 427 g/mol. The first-order chi connectivity index (χ1) is 13.1. The van der Waals surface area contributed by atoms with Gasteiger partial charge in [0.15, 0.2) is 5.65 Å². The van der Waals surface area contributed by atoms with Crippen LogP contribution in [0.25, 0.3) is 5.65 Å². The minimum Gasteiger partial charge on any atom is -0.493 e. The van der Waals surface area contributed by atoms with Gasteiger partial charge in [0.1, 0.15) is 5.75 Å². The summed E-state index contributed by atoms with van der Waals surface area (Å²) in [6, 6.07) is 7.82. The highest BCUT2D eigenvalue weighted by atomic mass is 79.9. The molecule has 27 heavy (non-hydrogen) atoms. The van der Waals surface area contributed by atoms with Crippen LogP contribution in [0.1, 0.15) is 58.5 Å². The number of nitrogens with zero attached hydrogens (tertiary/aromatic N) is 3. The van der Waals surface area contributed by atoms with Gasteiger partial charge in [0.05, 0.1) is 34.1 Å². The smallest absolute Gasteiger partial charge is 0.255 e. The number of aromatic nitrogens is 3. The summed E-state index contributed by atoms with van der Waals surface area (Å²) >= 11 is 3.55. The van der Waals surface area contributed by atoms with Crippen LogP contribution in [-0.2, 0) is 0 Å². The Labute approximate surface area is 165 Å². The maximum Gasteiger partial charge on any atom is 0.255 e. The third-order valence-corrected chi connectivity index (χ3v) is 6.19. The molecule has 1 N–H and O–H groups in total. The zero-order chi connectivity index (χ0) is 18.5. The molecule has 2 aliphatic rings. The molecule has 3 heterocycles. The first-order valence-electron chi connectivity index (χ1n) is 9.20. The molecule has 0 bridgehead atoms. The van der Waals surface area contributed by atoms with E-state index >= 15 is 0 Å². The van der Waals surface area contributed by atoms with Crippen LogP contribution in [-0.4, -0.2) is 27.1 Å². The highest BCUT2D eigenvalue weighted by Gasteiger charge is 2.33. The van der Waals surface area contributed by atoms with Gasteiger partial charge in [0, 0.05) is 24.1 Å². The molecule has 0 unspecified atom stereocenters. The van der Waals surface area contributed by atoms with E-state index in [0.717, 1.165) is 52.1 Å². The first-order valence-corrected chi connectivity index (χ1v) is 9.99. The normalized spacial score (nSPS) is 18.8. The van der Waals surface area contributed by atoms with E-state index in [0.29, 0.717) is 18.1 Å². The largest absolute Gasteiger partial charge is 0.493 e. The maximum absolute atomic E-state index is 13.2. The fourth-order valence-corrected chi connectivity index (χ4v) is 4.08. The van der Waals surface area contributed by atoms with Crippen molar-refractivity contribution in [1.82, 2.24) is 19.9 Å². The predicted octanol–water partition coefficient (Wildman–Crippen LogP) is 3.93. The number of carbonyl (C=O) groups excluding carboxylic acids is 1. The number of amides is 1. The van der Waals surface area contributed by atoms with Crippen molar-refractivity contribution in [3.63, 3.8) is 0 Å². The van der Waals surface area contributed by atoms with Crippen molar-refractivity contribution in [3.8, 4) is 5.75 Å². The number of nitrogens with one attached hydrogen (secondary N) is 1. The number of rotatable bonds is 3. The molecular weight excluding hydrogens is 408 g/mol. The van der Waals surface area contributed by atoms with E-state index in [1.54, 1.807) is 6.20 Å². The molecule has 5 rings (SSSR count). The van der Waals surface area contributed by atoms with Crippen LogP contribution in [0.5, 0.6) is 5.75 Å². The van der Waals surface area contributed by atoms with Gasteiger partial charge in [0.25, 0.3) is 5.91 Å². The highest BCUT2D eigenvalue weighted by molar-refractivity contribution is 9.10. The number of hydrogen-bond donors (Lipinski definition) is 1. The Morgan fingerprint density at radius 2 is 2.11 bits per heavy atom. The number of halogens is 1. The van der Waals surface area contributed by atoms with Crippen molar-refractivity contribution in [2.24, 2.45) is 0 Å². The Morgan fingerprint density at radius 1 is 1.30 bits per heavy atom. The Bertz CT molecular complexity index is 1060. The third kappa shape index (κ3) is 2.81. The predicted molar refractivity (Wildman–Crippen MR) is 104 cm³/mol. The number of carbonyl (C=O) groups is 1. The first kappa shape index (κ1) is 16.7. The fourth-order valence-electron chi connectivity index (χ4n) is 3.73. The summed E-state index contributed by atoms with van der Waals surface area (Å²) in [4.78, 5) is 17.7. The number of ether oxygens (including phenoxy) is 1. The molecule has 0 saturated heterocycles. The van der Waals surface area contributed by atoms with Crippen LogP contribution in [0.3, 0.4) is 0 Å². The second-order valence-electron chi connectivity index (χ2n) is 7.17. The fraction of sp³-hybridized carbons (Fsp3) is 0.350. The van der Waals surface area contributed by atoms with Crippen LogP contribution >= 0.6 is 15.9 Å². The summed E-state index contributed by atoms with van der Waals surface area (Å²) in [5.41, 5.74) is 4.25. The molecule has 1 fully saturated rings. The van der Waals surface area contributed by atoms with Crippen molar-refractivity contribution in [2.45, 2.75) is 38.1 Å². The highest BCUT2D eigenvalue weighted by Crippen LogP contribution is 2.42. The molecule has 1 amide bonds. The number of aryl methyl sites for hydroxylation is 1. The quantitative estimate of drug-likeness (QED) is 0.688. The van der Waals surface area contributed by atoms with Gasteiger partial charge in [-0.2, -0.15) is 5.10 Å². The van der Waals surface area contributed by atoms with Gasteiger partial charge in [-0.05, 0) is 41.8 Å². The minimum absolute atomic E-state index is 0.0590. The SMILES string of the molecule is Cc1nn2c(C3CC3)c(C(=O)N[C@H]3CCOc4ccccc43)cnc2c1Br. The number of benzene rings is 1. The molecule has 1 saturated carbocycles. The van der Waals surface area contributed by atoms with E-state index in [9.17, 15) is 4.79 Å². The lowest BCUT2D eigenvalue weighted by atomic mass is 10.00. The molecule has 0 spiro atoms. The molecule has 6 nitrogen and oxygen atoms in total. The van der Waals surface area contributed by atoms with Crippen molar-refractivity contribution >= 4 is 27.5 Å². The minimum atomic E-state index is -0.0997. The van der Waals surface area contributed by atoms with Gasteiger partial charge in [0.2, 0.25) is 0 Å². The van der Waals surface area contributed by atoms with Crippen LogP contribution in [0, 0.1) is 6.92 Å². The van der Waals surface area contributed by atoms with Gasteiger partial charge in [-0.3, -0.25) is 4.79 Å². The van der Waals surface area contributed by atoms with E-state index < -0.39 is 0 Å². The topological polar surface area (TPSA) is 68.5 Å². The molecule has 1 aliphatic heterocycles. The molecule has 1 aromatic carbocycles. The van der Waals surface area contributed by atoms with Gasteiger partial charge in [-0.25, -0.2) is 9.50 Å². The van der Waals surface area contributed by atoms with Crippen LogP contribution in [0.2, 0.25) is 0 Å². The Hall–Kier alpha value is -2.41.